The Hall–Kier alpha value is -1.19. The molecule has 1 aliphatic rings. The van der Waals surface area contributed by atoms with Gasteiger partial charge < -0.3 is 10.6 Å². The van der Waals surface area contributed by atoms with Crippen molar-refractivity contribution in [2.75, 3.05) is 10.6 Å². The summed E-state index contributed by atoms with van der Waals surface area (Å²) in [5, 5.41) is 7.76. The van der Waals surface area contributed by atoms with Crippen LogP contribution in [-0.4, -0.2) is 6.17 Å². The van der Waals surface area contributed by atoms with Crippen LogP contribution in [0.5, 0.6) is 0 Å². The highest BCUT2D eigenvalue weighted by atomic mass is 79.9. The molecule has 1 heterocycles. The Bertz CT molecular complexity index is 583. The largest absolute Gasteiger partial charge is 0.364 e. The zero-order chi connectivity index (χ0) is 13.2. The molecule has 1 unspecified atom stereocenters. The lowest BCUT2D eigenvalue weighted by Gasteiger charge is -2.12. The van der Waals surface area contributed by atoms with Crippen LogP contribution in [0.1, 0.15) is 12.0 Å². The highest BCUT2D eigenvalue weighted by molar-refractivity contribution is 9.10. The van der Waals surface area contributed by atoms with E-state index in [2.05, 4.69) is 56.9 Å². The minimum atomic E-state index is 0.292. The first-order valence-corrected chi connectivity index (χ1v) is 7.45. The van der Waals surface area contributed by atoms with Gasteiger partial charge in [0.2, 0.25) is 0 Å². The number of aryl methyl sites for hydroxylation is 1. The summed E-state index contributed by atoms with van der Waals surface area (Å²) in [6.45, 7) is 0. The third-order valence-corrected chi connectivity index (χ3v) is 4.02. The Labute approximate surface area is 126 Å². The smallest absolute Gasteiger partial charge is 0.0968 e. The number of benzene rings is 2. The van der Waals surface area contributed by atoms with E-state index in [1.165, 1.54) is 11.3 Å². The molecule has 98 valence electrons. The maximum atomic E-state index is 5.89. The molecule has 0 aliphatic carbocycles. The average Bonchev–Trinajstić information content (AvgIpc) is 2.80. The van der Waals surface area contributed by atoms with Crippen LogP contribution in [0, 0.1) is 0 Å². The molecule has 0 spiro atoms. The lowest BCUT2D eigenvalue weighted by atomic mass is 10.1. The molecule has 1 aliphatic heterocycles. The number of rotatable bonds is 3. The van der Waals surface area contributed by atoms with Gasteiger partial charge in [-0.2, -0.15) is 0 Å². The topological polar surface area (TPSA) is 24.1 Å². The van der Waals surface area contributed by atoms with E-state index >= 15 is 0 Å². The van der Waals surface area contributed by atoms with Crippen molar-refractivity contribution < 1.29 is 0 Å². The van der Waals surface area contributed by atoms with Gasteiger partial charge in [0, 0.05) is 9.50 Å². The van der Waals surface area contributed by atoms with Crippen LogP contribution in [0.2, 0.25) is 5.02 Å². The van der Waals surface area contributed by atoms with Crippen molar-refractivity contribution >= 4 is 38.9 Å². The normalized spacial score (nSPS) is 16.6. The van der Waals surface area contributed by atoms with Crippen molar-refractivity contribution in [3.05, 3.63) is 57.5 Å². The van der Waals surface area contributed by atoms with Gasteiger partial charge in [-0.25, -0.2) is 0 Å². The van der Waals surface area contributed by atoms with Crippen LogP contribution in [0.25, 0.3) is 0 Å². The highest BCUT2D eigenvalue weighted by Gasteiger charge is 2.18. The monoisotopic (exact) mass is 336 g/mol. The quantitative estimate of drug-likeness (QED) is 0.832. The van der Waals surface area contributed by atoms with Crippen molar-refractivity contribution in [2.45, 2.75) is 19.0 Å². The first-order valence-electron chi connectivity index (χ1n) is 6.28. The third kappa shape index (κ3) is 3.04. The summed E-state index contributed by atoms with van der Waals surface area (Å²) < 4.78 is 1.10. The fourth-order valence-corrected chi connectivity index (χ4v) is 2.77. The average molecular weight is 338 g/mol. The van der Waals surface area contributed by atoms with Crippen molar-refractivity contribution in [1.29, 1.82) is 0 Å². The van der Waals surface area contributed by atoms with E-state index in [4.69, 9.17) is 11.6 Å². The zero-order valence-corrected chi connectivity index (χ0v) is 12.6. The zero-order valence-electron chi connectivity index (χ0n) is 10.3. The summed E-state index contributed by atoms with van der Waals surface area (Å²) >= 11 is 9.37. The molecule has 0 bridgehead atoms. The first kappa shape index (κ1) is 12.8. The van der Waals surface area contributed by atoms with Crippen molar-refractivity contribution in [3.63, 3.8) is 0 Å². The van der Waals surface area contributed by atoms with Gasteiger partial charge >= 0.3 is 0 Å². The van der Waals surface area contributed by atoms with Gasteiger partial charge in [-0.1, -0.05) is 39.7 Å². The highest BCUT2D eigenvalue weighted by Crippen LogP contribution is 2.32. The Morgan fingerprint density at radius 1 is 1.00 bits per heavy atom. The molecule has 0 radical (unpaired) electrons. The minimum Gasteiger partial charge on any atom is -0.364 e. The number of fused-ring (bicyclic) bond motifs is 1. The van der Waals surface area contributed by atoms with Gasteiger partial charge in [0.1, 0.15) is 0 Å². The molecule has 0 aromatic heterocycles. The number of anilines is 2. The van der Waals surface area contributed by atoms with E-state index in [0.717, 1.165) is 28.0 Å². The molecule has 0 saturated carbocycles. The van der Waals surface area contributed by atoms with Crippen LogP contribution in [0.15, 0.2) is 46.9 Å². The van der Waals surface area contributed by atoms with Gasteiger partial charge in [0.25, 0.3) is 0 Å². The molecule has 2 nitrogen and oxygen atoms in total. The second-order valence-electron chi connectivity index (χ2n) is 4.70. The van der Waals surface area contributed by atoms with E-state index in [1.807, 2.05) is 12.1 Å². The molecule has 2 aromatic carbocycles. The molecule has 4 heteroatoms. The molecule has 0 saturated heterocycles. The standard InChI is InChI=1S/C15H14BrClN2/c16-11-4-7-13-14(9-11)19-15(18-13)8-3-10-1-5-12(17)6-2-10/h1-2,4-7,9,15,18-19H,3,8H2. The molecule has 19 heavy (non-hydrogen) atoms. The second-order valence-corrected chi connectivity index (χ2v) is 6.05. The summed E-state index contributed by atoms with van der Waals surface area (Å²) in [6.07, 6.45) is 2.35. The second kappa shape index (κ2) is 5.43. The van der Waals surface area contributed by atoms with Gasteiger partial charge in [-0.3, -0.25) is 0 Å². The van der Waals surface area contributed by atoms with Crippen LogP contribution in [0.4, 0.5) is 11.4 Å². The fraction of sp³-hybridized carbons (Fsp3) is 0.200. The third-order valence-electron chi connectivity index (χ3n) is 3.28. The van der Waals surface area contributed by atoms with E-state index in [0.29, 0.717) is 6.17 Å². The summed E-state index contributed by atoms with van der Waals surface area (Å²) in [7, 11) is 0. The van der Waals surface area contributed by atoms with E-state index in [9.17, 15) is 0 Å². The number of hydrogen-bond donors (Lipinski definition) is 2. The van der Waals surface area contributed by atoms with E-state index in [-0.39, 0.29) is 0 Å². The number of hydrogen-bond acceptors (Lipinski definition) is 2. The number of nitrogens with one attached hydrogen (secondary N) is 2. The lowest BCUT2D eigenvalue weighted by molar-refractivity contribution is 0.735. The van der Waals surface area contributed by atoms with Crippen LogP contribution >= 0.6 is 27.5 Å². The Balaban J connectivity index is 1.60. The Morgan fingerprint density at radius 2 is 1.74 bits per heavy atom. The van der Waals surface area contributed by atoms with Crippen LogP contribution < -0.4 is 10.6 Å². The van der Waals surface area contributed by atoms with E-state index in [1.54, 1.807) is 0 Å². The maximum absolute atomic E-state index is 5.89. The minimum absolute atomic E-state index is 0.292. The maximum Gasteiger partial charge on any atom is 0.0968 e. The molecule has 2 N–H and O–H groups in total. The molecular weight excluding hydrogens is 324 g/mol. The van der Waals surface area contributed by atoms with Gasteiger partial charge in [-0.05, 0) is 48.7 Å². The summed E-state index contributed by atoms with van der Waals surface area (Å²) in [6, 6.07) is 14.3. The molecule has 3 rings (SSSR count). The van der Waals surface area contributed by atoms with Crippen molar-refractivity contribution in [1.82, 2.24) is 0 Å². The Morgan fingerprint density at radius 3 is 2.53 bits per heavy atom. The van der Waals surface area contributed by atoms with Crippen LogP contribution in [-0.2, 0) is 6.42 Å². The summed E-state index contributed by atoms with van der Waals surface area (Å²) in [5.41, 5.74) is 3.64. The Kier molecular flexibility index (Phi) is 3.67. The molecule has 0 fully saturated rings. The lowest BCUT2D eigenvalue weighted by Crippen LogP contribution is -2.22. The SMILES string of the molecule is Clc1ccc(CCC2Nc3ccc(Br)cc3N2)cc1. The van der Waals surface area contributed by atoms with Gasteiger partial charge in [-0.15, -0.1) is 0 Å². The van der Waals surface area contributed by atoms with Crippen molar-refractivity contribution in [2.24, 2.45) is 0 Å². The predicted octanol–water partition coefficient (Wildman–Crippen LogP) is 4.90. The van der Waals surface area contributed by atoms with Gasteiger partial charge in [0.05, 0.1) is 17.5 Å². The van der Waals surface area contributed by atoms with Crippen molar-refractivity contribution in [3.8, 4) is 0 Å². The number of halogens is 2. The summed E-state index contributed by atoms with van der Waals surface area (Å²) in [4.78, 5) is 0. The van der Waals surface area contributed by atoms with E-state index < -0.39 is 0 Å². The van der Waals surface area contributed by atoms with Gasteiger partial charge in [0.15, 0.2) is 0 Å². The summed E-state index contributed by atoms with van der Waals surface area (Å²) in [5.74, 6) is 0. The molecule has 1 atom stereocenters. The first-order chi connectivity index (χ1) is 9.20. The molecule has 2 aromatic rings. The predicted molar refractivity (Wildman–Crippen MR) is 84.9 cm³/mol. The molecular formula is C15H14BrClN2. The molecule has 0 amide bonds. The fourth-order valence-electron chi connectivity index (χ4n) is 2.28. The van der Waals surface area contributed by atoms with Crippen LogP contribution in [0.3, 0.4) is 0 Å².